The summed E-state index contributed by atoms with van der Waals surface area (Å²) in [5.41, 5.74) is 1.20. The van der Waals surface area contributed by atoms with Gasteiger partial charge in [0, 0.05) is 62.7 Å². The number of ether oxygens (including phenoxy) is 12. The van der Waals surface area contributed by atoms with Crippen LogP contribution in [0.15, 0.2) is 60.7 Å². The van der Waals surface area contributed by atoms with E-state index in [1.165, 1.54) is 0 Å². The van der Waals surface area contributed by atoms with E-state index >= 15 is 0 Å². The normalized spacial score (nSPS) is 22.5. The average Bonchev–Trinajstić information content (AvgIpc) is 1.05. The van der Waals surface area contributed by atoms with Gasteiger partial charge in [0.15, 0.2) is 10.2 Å². The van der Waals surface area contributed by atoms with Crippen molar-refractivity contribution in [1.82, 2.24) is 20.4 Å². The van der Waals surface area contributed by atoms with Crippen LogP contribution >= 0.6 is 39.6 Å². The maximum absolute atomic E-state index is 13.2. The Balaban J connectivity index is 0.819. The monoisotopic (exact) mass is 1390 g/mol. The van der Waals surface area contributed by atoms with Gasteiger partial charge >= 0.3 is 15.2 Å². The van der Waals surface area contributed by atoms with Crippen molar-refractivity contribution >= 4 is 78.9 Å². The second kappa shape index (κ2) is 42.1. The van der Waals surface area contributed by atoms with Gasteiger partial charge in [-0.15, -0.1) is 0 Å². The lowest BCUT2D eigenvalue weighted by atomic mass is 9.97. The molecule has 2 aromatic rings. The van der Waals surface area contributed by atoms with Crippen LogP contribution in [0.3, 0.4) is 0 Å². The van der Waals surface area contributed by atoms with Crippen LogP contribution in [0.5, 0.6) is 11.5 Å². The Morgan fingerprint density at radius 3 is 1.15 bits per heavy atom. The maximum Gasteiger partial charge on any atom is 0.325 e. The van der Waals surface area contributed by atoms with Crippen molar-refractivity contribution in [3.05, 3.63) is 60.7 Å². The molecule has 0 bridgehead atoms. The van der Waals surface area contributed by atoms with Crippen molar-refractivity contribution in [3.8, 4) is 11.5 Å². The zero-order chi connectivity index (χ0) is 66.9. The summed E-state index contributed by atoms with van der Waals surface area (Å²) in [6.07, 6.45) is -14.4. The summed E-state index contributed by atoms with van der Waals surface area (Å²) in [5, 5.41) is 74.3. The van der Waals surface area contributed by atoms with E-state index in [2.05, 4.69) is 21.3 Å². The summed E-state index contributed by atoms with van der Waals surface area (Å²) in [4.78, 5) is 76.5. The number of nitrogens with zero attached hydrogens (tertiary/aromatic N) is 2. The molecule has 10 atom stereocenters. The fourth-order valence-corrected chi connectivity index (χ4v) is 10.3. The largest absolute Gasteiger partial charge is 0.462 e. The Morgan fingerprint density at radius 1 is 0.489 bits per heavy atom. The molecule has 5 rings (SSSR count). The molecule has 520 valence electrons. The third-order valence-corrected chi connectivity index (χ3v) is 15.8. The van der Waals surface area contributed by atoms with E-state index in [-0.39, 0.29) is 95.9 Å². The zero-order valence-corrected chi connectivity index (χ0v) is 53.9. The highest BCUT2D eigenvalue weighted by Gasteiger charge is 2.46. The molecule has 33 nitrogen and oxygen atoms in total. The SMILES string of the molecule is O=C(CCN1C(=O)C=CC1=O)N(CCOCCOCCOCCOCCNC(=S)Nc1ccc(O[C@H]2OC(CCP(=O)(O)O)[C@@H](O)[C@H](O)C2O)cc1)CCOCCOCCOCCOCCNC(=S)Nc1ccc(O[C@H]2OC(CCP(=O)(O)O)[C@@H](O)[C@H](O)C2O)cc1. The van der Waals surface area contributed by atoms with E-state index in [9.17, 15) is 73.7 Å². The lowest BCUT2D eigenvalue weighted by molar-refractivity contribution is -0.272. The first-order valence-corrected chi connectivity index (χ1v) is 33.9. The Kier molecular flexibility index (Phi) is 35.7. The van der Waals surface area contributed by atoms with Crippen LogP contribution in [0.1, 0.15) is 19.3 Å². The molecule has 14 N–H and O–H groups in total. The Bertz CT molecular complexity index is 2490. The van der Waals surface area contributed by atoms with Gasteiger partial charge in [-0.05, 0) is 85.8 Å². The van der Waals surface area contributed by atoms with E-state index in [1.54, 1.807) is 53.4 Å². The molecular weight excluding hydrogens is 1300 g/mol. The molecule has 2 saturated heterocycles. The molecular formula is C55H86N6O27P2S2. The molecule has 0 aromatic heterocycles. The number of carbonyl (C=O) groups is 3. The van der Waals surface area contributed by atoms with Crippen LogP contribution in [0, 0.1) is 0 Å². The molecule has 3 aliphatic rings. The van der Waals surface area contributed by atoms with E-state index in [4.69, 9.17) is 81.3 Å². The third kappa shape index (κ3) is 30.4. The highest BCUT2D eigenvalue weighted by atomic mass is 32.1. The van der Waals surface area contributed by atoms with Gasteiger partial charge in [0.05, 0.1) is 130 Å². The number of anilines is 2. The Labute approximate surface area is 542 Å². The van der Waals surface area contributed by atoms with Gasteiger partial charge in [0.2, 0.25) is 18.5 Å². The Morgan fingerprint density at radius 2 is 0.815 bits per heavy atom. The van der Waals surface area contributed by atoms with Crippen LogP contribution in [0.2, 0.25) is 0 Å². The van der Waals surface area contributed by atoms with Gasteiger partial charge in [0.1, 0.15) is 48.1 Å². The third-order valence-electron chi connectivity index (χ3n) is 13.6. The summed E-state index contributed by atoms with van der Waals surface area (Å²) in [6, 6.07) is 12.7. The number of nitrogens with one attached hydrogen (secondary N) is 4. The first-order chi connectivity index (χ1) is 44.0. The minimum atomic E-state index is -4.39. The number of benzene rings is 2. The Hall–Kier alpha value is -4.57. The minimum absolute atomic E-state index is 0.0600. The predicted molar refractivity (Wildman–Crippen MR) is 333 cm³/mol. The minimum Gasteiger partial charge on any atom is -0.462 e. The number of carbonyl (C=O) groups excluding carboxylic acids is 3. The molecule has 92 heavy (non-hydrogen) atoms. The number of aliphatic hydroxyl groups excluding tert-OH is 6. The molecule has 2 fully saturated rings. The second-order valence-corrected chi connectivity index (χ2v) is 25.0. The number of thiocarbonyl (C=S) groups is 2. The molecule has 37 heteroatoms. The molecule has 3 heterocycles. The number of hydrogen-bond donors (Lipinski definition) is 14. The number of amides is 3. The van der Waals surface area contributed by atoms with Crippen LogP contribution in [0.4, 0.5) is 11.4 Å². The van der Waals surface area contributed by atoms with Crippen LogP contribution in [-0.2, 0) is 70.9 Å². The summed E-state index contributed by atoms with van der Waals surface area (Å²) in [5.74, 6) is -0.742. The first-order valence-electron chi connectivity index (χ1n) is 29.5. The number of imide groups is 1. The molecule has 0 spiro atoms. The topological polar surface area (TPSA) is 453 Å². The molecule has 4 unspecified atom stereocenters. The number of aliphatic hydroxyl groups is 6. The van der Waals surface area contributed by atoms with Crippen molar-refractivity contribution < 1.29 is 131 Å². The standard InChI is InChI=1S/C55H86N6O27P2S2/c62-43(11-16-61-44(63)9-10-45(61)64)60(17-21-79-25-29-83-33-31-81-27-23-77-19-14-56-54(91)58-37-1-5-39(6-2-37)85-52-50(69)48(67)46(65)41(87-52)12-35-89(71,72)73)18-22-80-26-30-84-34-32-82-28-24-78-20-15-57-55(92)59-38-3-7-40(8-4-38)86-53-51(70)49(68)47(66)42(88-53)13-36-90(74,75)76/h1-10,41-42,46-53,65-70H,11-36H2,(H2,56,58,91)(H2,57,59,92)(H2,71,72,73)(H2,74,75,76)/t41?,42?,46-,47-,48+,49+,50?,51?,52+,53+/m1/s1. The van der Waals surface area contributed by atoms with Gasteiger partial charge in [-0.1, -0.05) is 0 Å². The van der Waals surface area contributed by atoms with Crippen molar-refractivity contribution in [1.29, 1.82) is 0 Å². The molecule has 0 aliphatic carbocycles. The van der Waals surface area contributed by atoms with Gasteiger partial charge < -0.3 is 133 Å². The van der Waals surface area contributed by atoms with Crippen molar-refractivity contribution in [2.75, 3.05) is 161 Å². The number of hydrogen-bond acceptors (Lipinski definition) is 25. The fraction of sp³-hybridized carbons (Fsp3) is 0.655. The number of rotatable bonds is 45. The van der Waals surface area contributed by atoms with Gasteiger partial charge in [0.25, 0.3) is 11.8 Å². The molecule has 3 amide bonds. The van der Waals surface area contributed by atoms with E-state index in [0.717, 1.165) is 17.1 Å². The van der Waals surface area contributed by atoms with Crippen LogP contribution in [0.25, 0.3) is 0 Å². The van der Waals surface area contributed by atoms with Gasteiger partial charge in [-0.2, -0.15) is 0 Å². The maximum atomic E-state index is 13.2. The lowest BCUT2D eigenvalue weighted by Gasteiger charge is -2.40. The zero-order valence-electron chi connectivity index (χ0n) is 50.4. The van der Waals surface area contributed by atoms with E-state index < -0.39 is 101 Å². The second-order valence-electron chi connectivity index (χ2n) is 20.6. The summed E-state index contributed by atoms with van der Waals surface area (Å²) >= 11 is 10.7. The lowest BCUT2D eigenvalue weighted by Crippen LogP contribution is -2.59. The quantitative estimate of drug-likeness (QED) is 0.0144. The fourth-order valence-electron chi connectivity index (χ4n) is 8.67. The van der Waals surface area contributed by atoms with E-state index in [0.29, 0.717) is 101 Å². The summed E-state index contributed by atoms with van der Waals surface area (Å²) in [7, 11) is -8.79. The van der Waals surface area contributed by atoms with Crippen molar-refractivity contribution in [2.24, 2.45) is 0 Å². The van der Waals surface area contributed by atoms with Crippen molar-refractivity contribution in [2.45, 2.75) is 80.7 Å². The van der Waals surface area contributed by atoms with Gasteiger partial charge in [-0.25, -0.2) is 0 Å². The highest BCUT2D eigenvalue weighted by molar-refractivity contribution is 7.80. The van der Waals surface area contributed by atoms with Crippen molar-refractivity contribution in [3.63, 3.8) is 0 Å². The smallest absolute Gasteiger partial charge is 0.325 e. The molecule has 0 radical (unpaired) electrons. The van der Waals surface area contributed by atoms with Crippen LogP contribution < -0.4 is 30.7 Å². The predicted octanol–water partition coefficient (Wildman–Crippen LogP) is -2.26. The molecule has 3 aliphatic heterocycles. The summed E-state index contributed by atoms with van der Waals surface area (Å²) in [6.45, 7) is 5.91. The van der Waals surface area contributed by atoms with E-state index in [1.807, 2.05) is 0 Å². The highest BCUT2D eigenvalue weighted by Crippen LogP contribution is 2.39. The summed E-state index contributed by atoms with van der Waals surface area (Å²) < 4.78 is 89.8. The molecule has 0 saturated carbocycles. The average molecular weight is 1390 g/mol. The first kappa shape index (κ1) is 78.1. The van der Waals surface area contributed by atoms with Gasteiger partial charge in [-0.3, -0.25) is 28.4 Å². The van der Waals surface area contributed by atoms with Crippen LogP contribution in [-0.4, -0.2) is 300 Å². The molecule has 2 aromatic carbocycles.